The van der Waals surface area contributed by atoms with E-state index in [2.05, 4.69) is 36.4 Å². The van der Waals surface area contributed by atoms with Crippen LogP contribution in [0.3, 0.4) is 0 Å². The van der Waals surface area contributed by atoms with Crippen molar-refractivity contribution in [1.82, 2.24) is 10.2 Å². The van der Waals surface area contributed by atoms with Gasteiger partial charge >= 0.3 is 0 Å². The van der Waals surface area contributed by atoms with E-state index in [1.807, 2.05) is 38.1 Å². The minimum absolute atomic E-state index is 0.195. The van der Waals surface area contributed by atoms with Crippen LogP contribution in [0.15, 0.2) is 47.1 Å². The molecule has 0 saturated heterocycles. The largest absolute Gasteiger partial charge is 0.491 e. The lowest BCUT2D eigenvalue weighted by Gasteiger charge is -2.22. The summed E-state index contributed by atoms with van der Waals surface area (Å²) in [6, 6.07) is 12.4. The maximum absolute atomic E-state index is 5.73. The third kappa shape index (κ3) is 4.90. The number of hydrogen-bond donors (Lipinski definition) is 1. The number of hydrogen-bond acceptors (Lipinski definition) is 4. The van der Waals surface area contributed by atoms with Gasteiger partial charge in [0, 0.05) is 13.1 Å². The molecule has 22 heavy (non-hydrogen) atoms. The van der Waals surface area contributed by atoms with Crippen molar-refractivity contribution < 1.29 is 9.15 Å². The van der Waals surface area contributed by atoms with E-state index < -0.39 is 0 Å². The Morgan fingerprint density at radius 2 is 2.00 bits per heavy atom. The first-order valence-corrected chi connectivity index (χ1v) is 7.72. The third-order valence-electron chi connectivity index (χ3n) is 3.43. The van der Waals surface area contributed by atoms with Crippen LogP contribution in [0.25, 0.3) is 0 Å². The minimum Gasteiger partial charge on any atom is -0.491 e. The van der Waals surface area contributed by atoms with Crippen molar-refractivity contribution in [3.63, 3.8) is 0 Å². The number of ether oxygens (including phenoxy) is 1. The molecule has 2 aromatic rings. The average molecular weight is 302 g/mol. The SMILES string of the molecule is CC(C)Oc1cccc(CNCC(c2ccco2)N(C)C)c1. The molecule has 0 spiro atoms. The van der Waals surface area contributed by atoms with Gasteiger partial charge in [-0.3, -0.25) is 4.90 Å². The van der Waals surface area contributed by atoms with Crippen LogP contribution >= 0.6 is 0 Å². The van der Waals surface area contributed by atoms with E-state index in [0.29, 0.717) is 0 Å². The maximum atomic E-state index is 5.73. The zero-order chi connectivity index (χ0) is 15.9. The number of nitrogens with one attached hydrogen (secondary N) is 1. The van der Waals surface area contributed by atoms with Gasteiger partial charge in [-0.1, -0.05) is 12.1 Å². The fraction of sp³-hybridized carbons (Fsp3) is 0.444. The maximum Gasteiger partial charge on any atom is 0.122 e. The summed E-state index contributed by atoms with van der Waals surface area (Å²) < 4.78 is 11.2. The molecule has 0 radical (unpaired) electrons. The van der Waals surface area contributed by atoms with Gasteiger partial charge in [-0.25, -0.2) is 0 Å². The molecular weight excluding hydrogens is 276 g/mol. The summed E-state index contributed by atoms with van der Waals surface area (Å²) in [4.78, 5) is 2.16. The lowest BCUT2D eigenvalue weighted by Crippen LogP contribution is -2.30. The van der Waals surface area contributed by atoms with Crippen LogP contribution in [0.4, 0.5) is 0 Å². The van der Waals surface area contributed by atoms with Gasteiger partial charge in [0.15, 0.2) is 0 Å². The van der Waals surface area contributed by atoms with Crippen LogP contribution < -0.4 is 10.1 Å². The van der Waals surface area contributed by atoms with Crippen LogP contribution in [0.5, 0.6) is 5.75 Å². The summed E-state index contributed by atoms with van der Waals surface area (Å²) in [7, 11) is 4.12. The first kappa shape index (κ1) is 16.6. The summed E-state index contributed by atoms with van der Waals surface area (Å²) in [6.45, 7) is 5.71. The molecule has 2 rings (SSSR count). The first-order valence-electron chi connectivity index (χ1n) is 7.72. The molecule has 0 saturated carbocycles. The molecule has 0 aliphatic carbocycles. The smallest absolute Gasteiger partial charge is 0.122 e. The zero-order valence-corrected chi connectivity index (χ0v) is 13.9. The lowest BCUT2D eigenvalue weighted by molar-refractivity contribution is 0.241. The normalized spacial score (nSPS) is 12.8. The Kier molecular flexibility index (Phi) is 6.04. The molecule has 4 heteroatoms. The summed E-state index contributed by atoms with van der Waals surface area (Å²) in [6.07, 6.45) is 1.92. The van der Waals surface area contributed by atoms with Gasteiger partial charge in [0.05, 0.1) is 18.4 Å². The van der Waals surface area contributed by atoms with Gasteiger partial charge in [-0.2, -0.15) is 0 Å². The highest BCUT2D eigenvalue weighted by molar-refractivity contribution is 5.28. The summed E-state index contributed by atoms with van der Waals surface area (Å²) in [5, 5.41) is 3.49. The predicted octanol–water partition coefficient (Wildman–Crippen LogP) is 3.46. The number of likely N-dealkylation sites (N-methyl/N-ethyl adjacent to an activating group) is 1. The second kappa shape index (κ2) is 8.01. The fourth-order valence-corrected chi connectivity index (χ4v) is 2.37. The van der Waals surface area contributed by atoms with Crippen molar-refractivity contribution in [2.24, 2.45) is 0 Å². The molecule has 0 aliphatic heterocycles. The highest BCUT2D eigenvalue weighted by Gasteiger charge is 2.16. The highest BCUT2D eigenvalue weighted by Crippen LogP contribution is 2.18. The Hall–Kier alpha value is -1.78. The van der Waals surface area contributed by atoms with Gasteiger partial charge in [0.2, 0.25) is 0 Å². The Morgan fingerprint density at radius 3 is 2.64 bits per heavy atom. The standard InChI is InChI=1S/C18H26N2O2/c1-14(2)22-16-8-5-7-15(11-16)12-19-13-17(20(3)4)18-9-6-10-21-18/h5-11,14,17,19H,12-13H2,1-4H3. The van der Waals surface area contributed by atoms with Crippen molar-refractivity contribution in [1.29, 1.82) is 0 Å². The van der Waals surface area contributed by atoms with Crippen LogP contribution in [-0.4, -0.2) is 31.6 Å². The van der Waals surface area contributed by atoms with Crippen molar-refractivity contribution in [3.05, 3.63) is 54.0 Å². The van der Waals surface area contributed by atoms with E-state index in [1.165, 1.54) is 5.56 Å². The number of benzene rings is 1. The zero-order valence-electron chi connectivity index (χ0n) is 13.9. The summed E-state index contributed by atoms with van der Waals surface area (Å²) in [5.41, 5.74) is 1.22. The number of rotatable bonds is 8. The molecule has 0 aliphatic rings. The molecule has 0 fully saturated rings. The Balaban J connectivity index is 1.89. The molecular formula is C18H26N2O2. The number of nitrogens with zero attached hydrogens (tertiary/aromatic N) is 1. The van der Waals surface area contributed by atoms with Crippen LogP contribution in [0.2, 0.25) is 0 Å². The van der Waals surface area contributed by atoms with Gasteiger partial charge in [-0.05, 0) is 57.8 Å². The predicted molar refractivity (Wildman–Crippen MR) is 89.0 cm³/mol. The van der Waals surface area contributed by atoms with Crippen molar-refractivity contribution in [2.45, 2.75) is 32.5 Å². The van der Waals surface area contributed by atoms with Crippen LogP contribution in [-0.2, 0) is 6.54 Å². The molecule has 0 bridgehead atoms. The summed E-state index contributed by atoms with van der Waals surface area (Å²) in [5.74, 6) is 1.90. The van der Waals surface area contributed by atoms with Gasteiger partial charge in [0.1, 0.15) is 11.5 Å². The van der Waals surface area contributed by atoms with E-state index in [4.69, 9.17) is 9.15 Å². The topological polar surface area (TPSA) is 37.6 Å². The molecule has 120 valence electrons. The molecule has 1 N–H and O–H groups in total. The fourth-order valence-electron chi connectivity index (χ4n) is 2.37. The second-order valence-electron chi connectivity index (χ2n) is 5.94. The highest BCUT2D eigenvalue weighted by atomic mass is 16.5. The van der Waals surface area contributed by atoms with Crippen molar-refractivity contribution in [3.8, 4) is 5.75 Å². The molecule has 0 amide bonds. The number of furan rings is 1. The first-order chi connectivity index (χ1) is 10.6. The van der Waals surface area contributed by atoms with E-state index in [9.17, 15) is 0 Å². The molecule has 1 heterocycles. The quantitative estimate of drug-likeness (QED) is 0.810. The van der Waals surface area contributed by atoms with E-state index in [0.717, 1.165) is 24.6 Å². The molecule has 4 nitrogen and oxygen atoms in total. The Labute approximate surface area is 133 Å². The lowest BCUT2D eigenvalue weighted by atomic mass is 10.2. The molecule has 1 unspecified atom stereocenters. The third-order valence-corrected chi connectivity index (χ3v) is 3.43. The van der Waals surface area contributed by atoms with Gasteiger partial charge in [-0.15, -0.1) is 0 Å². The van der Waals surface area contributed by atoms with E-state index in [1.54, 1.807) is 6.26 Å². The Bertz CT molecular complexity index is 550. The molecule has 1 aromatic carbocycles. The van der Waals surface area contributed by atoms with E-state index in [-0.39, 0.29) is 12.1 Å². The van der Waals surface area contributed by atoms with Crippen LogP contribution in [0.1, 0.15) is 31.2 Å². The monoisotopic (exact) mass is 302 g/mol. The summed E-state index contributed by atoms with van der Waals surface area (Å²) >= 11 is 0. The Morgan fingerprint density at radius 1 is 1.18 bits per heavy atom. The molecule has 1 atom stereocenters. The minimum atomic E-state index is 0.195. The second-order valence-corrected chi connectivity index (χ2v) is 5.94. The van der Waals surface area contributed by atoms with E-state index >= 15 is 0 Å². The van der Waals surface area contributed by atoms with Gasteiger partial charge < -0.3 is 14.5 Å². The van der Waals surface area contributed by atoms with Crippen LogP contribution in [0, 0.1) is 0 Å². The van der Waals surface area contributed by atoms with Crippen molar-refractivity contribution in [2.75, 3.05) is 20.6 Å². The molecule has 1 aromatic heterocycles. The average Bonchev–Trinajstić information content (AvgIpc) is 2.96. The van der Waals surface area contributed by atoms with Gasteiger partial charge in [0.25, 0.3) is 0 Å². The van der Waals surface area contributed by atoms with Crippen molar-refractivity contribution >= 4 is 0 Å².